The van der Waals surface area contributed by atoms with Crippen LogP contribution in [-0.4, -0.2) is 38.8 Å². The van der Waals surface area contributed by atoms with Crippen molar-refractivity contribution in [2.24, 2.45) is 0 Å². The van der Waals surface area contributed by atoms with Gasteiger partial charge in [-0.3, -0.25) is 4.79 Å². The Bertz CT molecular complexity index is 1390. The van der Waals surface area contributed by atoms with Crippen LogP contribution in [-0.2, 0) is 4.79 Å². The highest BCUT2D eigenvalue weighted by Crippen LogP contribution is 2.37. The average molecular weight is 455 g/mol. The Morgan fingerprint density at radius 3 is 2.85 bits per heavy atom. The number of hydrogen-bond acceptors (Lipinski definition) is 6. The van der Waals surface area contributed by atoms with Gasteiger partial charge in [0.1, 0.15) is 11.6 Å². The lowest BCUT2D eigenvalue weighted by atomic mass is 9.91. The molecule has 1 atom stereocenters. The number of nitrogens with two attached hydrogens (primary N) is 1. The molecule has 1 unspecified atom stereocenters. The van der Waals surface area contributed by atoms with Crippen molar-refractivity contribution in [2.75, 3.05) is 18.8 Å². The monoisotopic (exact) mass is 455 g/mol. The van der Waals surface area contributed by atoms with Gasteiger partial charge < -0.3 is 15.4 Å². The maximum atomic E-state index is 15.2. The molecule has 34 heavy (non-hydrogen) atoms. The van der Waals surface area contributed by atoms with Crippen LogP contribution in [0.4, 0.5) is 10.3 Å². The Hall–Kier alpha value is -4.33. The summed E-state index contributed by atoms with van der Waals surface area (Å²) in [5.41, 5.74) is 8.59. The number of nitrogens with zero attached hydrogens (tertiary/aromatic N) is 4. The first-order valence-electron chi connectivity index (χ1n) is 10.9. The molecule has 7 nitrogen and oxygen atoms in total. The van der Waals surface area contributed by atoms with Crippen molar-refractivity contribution in [1.29, 1.82) is 0 Å². The third-order valence-electron chi connectivity index (χ3n) is 5.96. The van der Waals surface area contributed by atoms with Crippen LogP contribution in [0.2, 0.25) is 0 Å². The minimum absolute atomic E-state index is 0.0375. The number of aromatic nitrogens is 3. The zero-order chi connectivity index (χ0) is 23.7. The van der Waals surface area contributed by atoms with Crippen molar-refractivity contribution in [3.63, 3.8) is 0 Å². The van der Waals surface area contributed by atoms with E-state index in [0.717, 1.165) is 17.4 Å². The van der Waals surface area contributed by atoms with E-state index in [1.54, 1.807) is 47.6 Å². The van der Waals surface area contributed by atoms with Crippen LogP contribution in [0.15, 0.2) is 73.6 Å². The molecule has 0 bridgehead atoms. The first-order chi connectivity index (χ1) is 16.5. The quantitative estimate of drug-likeness (QED) is 0.438. The molecular weight excluding hydrogens is 433 g/mol. The third kappa shape index (κ3) is 4.17. The highest BCUT2D eigenvalue weighted by atomic mass is 19.1. The molecule has 1 aliphatic heterocycles. The molecule has 2 aromatic heterocycles. The Morgan fingerprint density at radius 1 is 1.21 bits per heavy atom. The van der Waals surface area contributed by atoms with Crippen molar-refractivity contribution in [1.82, 2.24) is 19.9 Å². The van der Waals surface area contributed by atoms with E-state index in [0.29, 0.717) is 41.4 Å². The van der Waals surface area contributed by atoms with Crippen LogP contribution in [0.25, 0.3) is 22.0 Å². The van der Waals surface area contributed by atoms with E-state index in [1.165, 1.54) is 12.1 Å². The molecule has 5 rings (SSSR count). The second kappa shape index (κ2) is 8.90. The molecule has 0 aliphatic carbocycles. The number of pyridine rings is 1. The molecule has 0 radical (unpaired) electrons. The number of hydrogen-bond donors (Lipinski definition) is 1. The molecule has 1 aliphatic rings. The predicted molar refractivity (Wildman–Crippen MR) is 128 cm³/mol. The molecule has 1 fully saturated rings. The number of halogens is 1. The van der Waals surface area contributed by atoms with E-state index in [4.69, 9.17) is 10.5 Å². The number of carbonyl (C=O) groups excluding carboxylic acids is 1. The first kappa shape index (κ1) is 21.5. The summed E-state index contributed by atoms with van der Waals surface area (Å²) in [7, 11) is 0. The minimum Gasteiger partial charge on any atom is -0.439 e. The largest absolute Gasteiger partial charge is 0.439 e. The number of benzene rings is 2. The lowest BCUT2D eigenvalue weighted by molar-refractivity contribution is -0.125. The Morgan fingerprint density at radius 2 is 2.09 bits per heavy atom. The van der Waals surface area contributed by atoms with Crippen molar-refractivity contribution >= 4 is 22.8 Å². The molecule has 1 saturated heterocycles. The number of amides is 1. The van der Waals surface area contributed by atoms with Gasteiger partial charge in [-0.05, 0) is 54.0 Å². The van der Waals surface area contributed by atoms with Gasteiger partial charge in [-0.25, -0.2) is 19.3 Å². The summed E-state index contributed by atoms with van der Waals surface area (Å²) >= 11 is 0. The summed E-state index contributed by atoms with van der Waals surface area (Å²) in [4.78, 5) is 26.5. The summed E-state index contributed by atoms with van der Waals surface area (Å²) in [5.74, 6) is 0.413. The molecule has 0 saturated carbocycles. The zero-order valence-electron chi connectivity index (χ0n) is 18.3. The van der Waals surface area contributed by atoms with Crippen molar-refractivity contribution < 1.29 is 13.9 Å². The molecule has 2 N–H and O–H groups in total. The van der Waals surface area contributed by atoms with Crippen LogP contribution in [0.5, 0.6) is 11.6 Å². The number of rotatable bonds is 5. The number of likely N-dealkylation sites (tertiary alicyclic amines) is 1. The Kier molecular flexibility index (Phi) is 5.63. The van der Waals surface area contributed by atoms with E-state index in [-0.39, 0.29) is 17.8 Å². The SMILES string of the molecule is C=CC(=O)N1CCC(c2cc(-c3ccc(Oc4ccccn4)cc3F)cc3cnc(N)nc23)C1. The summed E-state index contributed by atoms with van der Waals surface area (Å²) < 4.78 is 20.9. The molecule has 8 heteroatoms. The topological polar surface area (TPSA) is 94.2 Å². The summed E-state index contributed by atoms with van der Waals surface area (Å²) in [6.45, 7) is 4.73. The van der Waals surface area contributed by atoms with E-state index < -0.39 is 5.82 Å². The Labute approximate surface area is 195 Å². The first-order valence-corrected chi connectivity index (χ1v) is 10.9. The van der Waals surface area contributed by atoms with Gasteiger partial charge in [0.2, 0.25) is 17.7 Å². The van der Waals surface area contributed by atoms with E-state index in [9.17, 15) is 4.79 Å². The molecule has 2 aromatic carbocycles. The maximum Gasteiger partial charge on any atom is 0.245 e. The number of carbonyl (C=O) groups is 1. The molecule has 3 heterocycles. The standard InChI is InChI=1S/C26H22FN5O2/c1-2-24(33)32-10-8-16(15-32)21-12-17(11-18-14-30-26(28)31-25(18)21)20-7-6-19(13-22(20)27)34-23-5-3-4-9-29-23/h2-7,9,11-14,16H,1,8,10,15H2,(H2,28,30,31). The highest BCUT2D eigenvalue weighted by Gasteiger charge is 2.28. The van der Waals surface area contributed by atoms with Crippen LogP contribution >= 0.6 is 0 Å². The molecule has 0 spiro atoms. The molecular formula is C26H22FN5O2. The molecule has 1 amide bonds. The van der Waals surface area contributed by atoms with Crippen LogP contribution in [0.1, 0.15) is 17.9 Å². The fraction of sp³-hybridized carbons (Fsp3) is 0.154. The molecule has 170 valence electrons. The normalized spacial score (nSPS) is 15.4. The summed E-state index contributed by atoms with van der Waals surface area (Å²) in [5, 5.41) is 0.753. The second-order valence-electron chi connectivity index (χ2n) is 8.12. The van der Waals surface area contributed by atoms with Gasteiger partial charge in [0.25, 0.3) is 0 Å². The number of fused-ring (bicyclic) bond motifs is 1. The van der Waals surface area contributed by atoms with Gasteiger partial charge in [-0.2, -0.15) is 0 Å². The average Bonchev–Trinajstić information content (AvgIpc) is 3.34. The van der Waals surface area contributed by atoms with Crippen molar-refractivity contribution in [3.05, 3.63) is 85.0 Å². The maximum absolute atomic E-state index is 15.2. The smallest absolute Gasteiger partial charge is 0.245 e. The van der Waals surface area contributed by atoms with E-state index in [1.807, 2.05) is 12.1 Å². The fourth-order valence-electron chi connectivity index (χ4n) is 4.32. The van der Waals surface area contributed by atoms with Crippen LogP contribution < -0.4 is 10.5 Å². The minimum atomic E-state index is -0.426. The predicted octanol–water partition coefficient (Wildman–Crippen LogP) is 4.71. The number of ether oxygens (including phenoxy) is 1. The van der Waals surface area contributed by atoms with Crippen molar-refractivity contribution in [2.45, 2.75) is 12.3 Å². The second-order valence-corrected chi connectivity index (χ2v) is 8.12. The zero-order valence-corrected chi connectivity index (χ0v) is 18.3. The van der Waals surface area contributed by atoms with E-state index in [2.05, 4.69) is 21.5 Å². The van der Waals surface area contributed by atoms with E-state index >= 15 is 4.39 Å². The lowest BCUT2D eigenvalue weighted by Gasteiger charge is -2.17. The number of nitrogen functional groups attached to an aromatic ring is 1. The fourth-order valence-corrected chi connectivity index (χ4v) is 4.32. The highest BCUT2D eigenvalue weighted by molar-refractivity contribution is 5.89. The number of anilines is 1. The summed E-state index contributed by atoms with van der Waals surface area (Å²) in [6, 6.07) is 13.8. The van der Waals surface area contributed by atoms with Gasteiger partial charge in [-0.1, -0.05) is 12.6 Å². The van der Waals surface area contributed by atoms with Gasteiger partial charge in [0.05, 0.1) is 5.52 Å². The summed E-state index contributed by atoms with van der Waals surface area (Å²) in [6.07, 6.45) is 5.34. The lowest BCUT2D eigenvalue weighted by Crippen LogP contribution is -2.26. The van der Waals surface area contributed by atoms with Gasteiger partial charge in [-0.15, -0.1) is 0 Å². The van der Waals surface area contributed by atoms with Crippen molar-refractivity contribution in [3.8, 4) is 22.8 Å². The van der Waals surface area contributed by atoms with Crippen LogP contribution in [0, 0.1) is 5.82 Å². The third-order valence-corrected chi connectivity index (χ3v) is 5.96. The van der Waals surface area contributed by atoms with Crippen LogP contribution in [0.3, 0.4) is 0 Å². The Balaban J connectivity index is 1.53. The van der Waals surface area contributed by atoms with Gasteiger partial charge >= 0.3 is 0 Å². The molecule has 4 aromatic rings. The van der Waals surface area contributed by atoms with Gasteiger partial charge in [0, 0.05) is 54.5 Å². The van der Waals surface area contributed by atoms with Gasteiger partial charge in [0.15, 0.2) is 0 Å².